The van der Waals surface area contributed by atoms with Gasteiger partial charge in [0.1, 0.15) is 0 Å². The van der Waals surface area contributed by atoms with Gasteiger partial charge < -0.3 is 5.32 Å². The highest BCUT2D eigenvalue weighted by atomic mass is 32.1. The third-order valence-corrected chi connectivity index (χ3v) is 6.49. The van der Waals surface area contributed by atoms with E-state index in [0.717, 1.165) is 37.1 Å². The Labute approximate surface area is 173 Å². The van der Waals surface area contributed by atoms with E-state index in [0.29, 0.717) is 19.4 Å². The van der Waals surface area contributed by atoms with Gasteiger partial charge in [0.15, 0.2) is 0 Å². The second-order valence-electron chi connectivity index (χ2n) is 7.37. The zero-order valence-electron chi connectivity index (χ0n) is 16.8. The first-order valence-electron chi connectivity index (χ1n) is 9.70. The third-order valence-electron chi connectivity index (χ3n) is 5.21. The molecule has 0 fully saturated rings. The number of nitrogens with one attached hydrogen (secondary N) is 1. The molecule has 0 atom stereocenters. The number of hydrogen-bond acceptors (Lipinski definition) is 4. The van der Waals surface area contributed by atoms with Gasteiger partial charge in [-0.2, -0.15) is 5.10 Å². The van der Waals surface area contributed by atoms with Crippen molar-refractivity contribution in [2.75, 3.05) is 5.32 Å². The number of aryl methyl sites for hydroxylation is 4. The number of rotatable bonds is 5. The Hall–Kier alpha value is -2.99. The number of carbonyl (C=O) groups excluding carboxylic acids is 1. The number of thiophene rings is 1. The van der Waals surface area contributed by atoms with Gasteiger partial charge in [-0.15, -0.1) is 11.3 Å². The molecule has 2 aromatic carbocycles. The SMILES string of the molecule is Cc1ccc(NC(=O)CCCn2nc(C)c3sc4ccccc4c3c2=O)cc1C. The van der Waals surface area contributed by atoms with Crippen LogP contribution in [0.2, 0.25) is 0 Å². The summed E-state index contributed by atoms with van der Waals surface area (Å²) >= 11 is 1.60. The van der Waals surface area contributed by atoms with Crippen LogP contribution in [0.1, 0.15) is 29.7 Å². The first-order chi connectivity index (χ1) is 13.9. The number of fused-ring (bicyclic) bond motifs is 3. The molecule has 0 aliphatic rings. The van der Waals surface area contributed by atoms with Crippen LogP contribution in [0.25, 0.3) is 20.2 Å². The van der Waals surface area contributed by atoms with Gasteiger partial charge >= 0.3 is 0 Å². The number of nitrogens with zero attached hydrogens (tertiary/aromatic N) is 2. The predicted molar refractivity (Wildman–Crippen MR) is 120 cm³/mol. The number of amides is 1. The lowest BCUT2D eigenvalue weighted by Gasteiger charge is -2.09. The molecule has 4 aromatic rings. The average molecular weight is 406 g/mol. The Balaban J connectivity index is 1.49. The van der Waals surface area contributed by atoms with E-state index < -0.39 is 0 Å². The van der Waals surface area contributed by atoms with Crippen molar-refractivity contribution in [3.63, 3.8) is 0 Å². The maximum atomic E-state index is 13.0. The van der Waals surface area contributed by atoms with Crippen LogP contribution in [-0.4, -0.2) is 15.7 Å². The lowest BCUT2D eigenvalue weighted by molar-refractivity contribution is -0.116. The molecule has 0 spiro atoms. The van der Waals surface area contributed by atoms with E-state index in [1.165, 1.54) is 10.2 Å². The van der Waals surface area contributed by atoms with Gasteiger partial charge in [0.2, 0.25) is 5.91 Å². The van der Waals surface area contributed by atoms with Crippen molar-refractivity contribution in [1.29, 1.82) is 0 Å². The molecule has 5 nitrogen and oxygen atoms in total. The van der Waals surface area contributed by atoms with E-state index in [2.05, 4.69) is 10.4 Å². The third kappa shape index (κ3) is 3.80. The largest absolute Gasteiger partial charge is 0.326 e. The van der Waals surface area contributed by atoms with Crippen LogP contribution >= 0.6 is 11.3 Å². The number of benzene rings is 2. The van der Waals surface area contributed by atoms with Gasteiger partial charge in [0.25, 0.3) is 5.56 Å². The minimum absolute atomic E-state index is 0.0555. The van der Waals surface area contributed by atoms with Gasteiger partial charge in [-0.1, -0.05) is 24.3 Å². The highest BCUT2D eigenvalue weighted by Crippen LogP contribution is 2.32. The lowest BCUT2D eigenvalue weighted by Crippen LogP contribution is -2.24. The maximum absolute atomic E-state index is 13.0. The molecular weight excluding hydrogens is 382 g/mol. The van der Waals surface area contributed by atoms with E-state index >= 15 is 0 Å². The monoisotopic (exact) mass is 405 g/mol. The Bertz CT molecular complexity index is 1290. The minimum Gasteiger partial charge on any atom is -0.326 e. The van der Waals surface area contributed by atoms with Crippen molar-refractivity contribution in [2.24, 2.45) is 0 Å². The van der Waals surface area contributed by atoms with Crippen LogP contribution in [0.5, 0.6) is 0 Å². The van der Waals surface area contributed by atoms with Crippen molar-refractivity contribution in [3.8, 4) is 0 Å². The van der Waals surface area contributed by atoms with Gasteiger partial charge in [-0.25, -0.2) is 4.68 Å². The Morgan fingerprint density at radius 2 is 1.90 bits per heavy atom. The molecule has 0 bridgehead atoms. The normalized spacial score (nSPS) is 11.3. The van der Waals surface area contributed by atoms with Crippen LogP contribution in [0.3, 0.4) is 0 Å². The van der Waals surface area contributed by atoms with E-state index in [9.17, 15) is 9.59 Å². The molecule has 4 rings (SSSR count). The zero-order chi connectivity index (χ0) is 20.5. The van der Waals surface area contributed by atoms with E-state index in [-0.39, 0.29) is 11.5 Å². The van der Waals surface area contributed by atoms with Crippen molar-refractivity contribution in [3.05, 3.63) is 69.6 Å². The molecule has 0 saturated heterocycles. The number of carbonyl (C=O) groups is 1. The topological polar surface area (TPSA) is 64.0 Å². The quantitative estimate of drug-likeness (QED) is 0.511. The second kappa shape index (κ2) is 7.79. The van der Waals surface area contributed by atoms with E-state index in [1.54, 1.807) is 11.3 Å². The fourth-order valence-corrected chi connectivity index (χ4v) is 4.63. The van der Waals surface area contributed by atoms with Gasteiger partial charge in [-0.05, 0) is 56.5 Å². The summed E-state index contributed by atoms with van der Waals surface area (Å²) in [7, 11) is 0. The molecule has 2 aromatic heterocycles. The molecule has 0 saturated carbocycles. The molecule has 1 amide bonds. The molecule has 1 N–H and O–H groups in total. The standard InChI is InChI=1S/C23H23N3O2S/c1-14-10-11-17(13-15(14)2)24-20(27)9-6-12-26-23(28)21-18-7-4-5-8-19(18)29-22(21)16(3)25-26/h4-5,7-8,10-11,13H,6,9,12H2,1-3H3,(H,24,27). The zero-order valence-corrected chi connectivity index (χ0v) is 17.6. The summed E-state index contributed by atoms with van der Waals surface area (Å²) < 4.78 is 3.54. The fraction of sp³-hybridized carbons (Fsp3) is 0.261. The van der Waals surface area contributed by atoms with Crippen LogP contribution in [0.4, 0.5) is 5.69 Å². The summed E-state index contributed by atoms with van der Waals surface area (Å²) in [5.41, 5.74) is 3.90. The summed E-state index contributed by atoms with van der Waals surface area (Å²) in [4.78, 5) is 25.3. The van der Waals surface area contributed by atoms with Gasteiger partial charge in [-0.3, -0.25) is 9.59 Å². The van der Waals surface area contributed by atoms with Crippen molar-refractivity contribution < 1.29 is 4.79 Å². The van der Waals surface area contributed by atoms with Crippen LogP contribution in [0, 0.1) is 20.8 Å². The molecule has 29 heavy (non-hydrogen) atoms. The first-order valence-corrected chi connectivity index (χ1v) is 10.5. The molecular formula is C23H23N3O2S. The highest BCUT2D eigenvalue weighted by molar-refractivity contribution is 7.26. The van der Waals surface area contributed by atoms with E-state index in [1.807, 2.05) is 63.2 Å². The summed E-state index contributed by atoms with van der Waals surface area (Å²) in [5.74, 6) is -0.0555. The van der Waals surface area contributed by atoms with Crippen LogP contribution in [0.15, 0.2) is 47.3 Å². The molecule has 0 unspecified atom stereocenters. The summed E-state index contributed by atoms with van der Waals surface area (Å²) in [5, 5.41) is 9.12. The Morgan fingerprint density at radius 3 is 2.69 bits per heavy atom. The Kier molecular flexibility index (Phi) is 5.20. The van der Waals surface area contributed by atoms with Crippen molar-refractivity contribution >= 4 is 43.1 Å². The first kappa shape index (κ1) is 19.3. The molecule has 0 aliphatic heterocycles. The second-order valence-corrected chi connectivity index (χ2v) is 8.42. The van der Waals surface area contributed by atoms with Crippen LogP contribution < -0.4 is 10.9 Å². The van der Waals surface area contributed by atoms with E-state index in [4.69, 9.17) is 0 Å². The van der Waals surface area contributed by atoms with Gasteiger partial charge in [0, 0.05) is 28.7 Å². The molecule has 6 heteroatoms. The molecule has 0 aliphatic carbocycles. The average Bonchev–Trinajstić information content (AvgIpc) is 3.09. The molecule has 0 radical (unpaired) electrons. The summed E-state index contributed by atoms with van der Waals surface area (Å²) in [6, 6.07) is 13.8. The molecule has 148 valence electrons. The number of aromatic nitrogens is 2. The maximum Gasteiger partial charge on any atom is 0.276 e. The number of hydrogen-bond donors (Lipinski definition) is 1. The Morgan fingerprint density at radius 1 is 1.10 bits per heavy atom. The number of anilines is 1. The minimum atomic E-state index is -0.0855. The van der Waals surface area contributed by atoms with Crippen molar-refractivity contribution in [2.45, 2.75) is 40.2 Å². The highest BCUT2D eigenvalue weighted by Gasteiger charge is 2.14. The smallest absolute Gasteiger partial charge is 0.276 e. The predicted octanol–water partition coefficient (Wildman–Crippen LogP) is 4.96. The lowest BCUT2D eigenvalue weighted by atomic mass is 10.1. The summed E-state index contributed by atoms with van der Waals surface area (Å²) in [6.45, 7) is 6.41. The van der Waals surface area contributed by atoms with Crippen LogP contribution in [-0.2, 0) is 11.3 Å². The molecule has 2 heterocycles. The van der Waals surface area contributed by atoms with Crippen molar-refractivity contribution in [1.82, 2.24) is 9.78 Å². The van der Waals surface area contributed by atoms with Gasteiger partial charge in [0.05, 0.1) is 15.8 Å². The fourth-order valence-electron chi connectivity index (χ4n) is 3.50. The summed E-state index contributed by atoms with van der Waals surface area (Å²) in [6.07, 6.45) is 0.888.